The molecule has 4 rings (SSSR count). The fraction of sp³-hybridized carbons (Fsp3) is 0.115. The Balaban J connectivity index is 1.63. The van der Waals surface area contributed by atoms with Crippen molar-refractivity contribution in [1.82, 2.24) is 5.32 Å². The van der Waals surface area contributed by atoms with Gasteiger partial charge >= 0.3 is 6.03 Å². The lowest BCUT2D eigenvalue weighted by atomic mass is 10.1. The number of nitrogens with one attached hydrogen (secondary N) is 1. The van der Waals surface area contributed by atoms with Gasteiger partial charge in [-0.3, -0.25) is 14.9 Å². The molecular weight excluding hydrogens is 440 g/mol. The van der Waals surface area contributed by atoms with Crippen LogP contribution in [0.15, 0.2) is 72.3 Å². The van der Waals surface area contributed by atoms with Crippen LogP contribution in [0.4, 0.5) is 10.5 Å². The fourth-order valence-electron chi connectivity index (χ4n) is 3.68. The Morgan fingerprint density at radius 3 is 2.30 bits per heavy atom. The third-order valence-corrected chi connectivity index (χ3v) is 5.33. The minimum atomic E-state index is -0.816. The Hall–Kier alpha value is -3.90. The van der Waals surface area contributed by atoms with Gasteiger partial charge in [-0.1, -0.05) is 59.1 Å². The van der Waals surface area contributed by atoms with Crippen LogP contribution in [-0.4, -0.2) is 17.8 Å². The zero-order valence-electron chi connectivity index (χ0n) is 18.1. The molecule has 1 aliphatic rings. The number of nitrogens with zero attached hydrogens (tertiary/aromatic N) is 1. The predicted molar refractivity (Wildman–Crippen MR) is 127 cm³/mol. The largest absolute Gasteiger partial charge is 0.488 e. The number of amides is 4. The maximum Gasteiger partial charge on any atom is 0.335 e. The van der Waals surface area contributed by atoms with Gasteiger partial charge in [0, 0.05) is 10.6 Å². The zero-order chi connectivity index (χ0) is 23.5. The first-order valence-corrected chi connectivity index (χ1v) is 10.7. The Morgan fingerprint density at radius 2 is 1.61 bits per heavy atom. The zero-order valence-corrected chi connectivity index (χ0v) is 18.8. The average molecular weight is 461 g/mol. The van der Waals surface area contributed by atoms with E-state index in [2.05, 4.69) is 11.4 Å². The van der Waals surface area contributed by atoms with Crippen molar-refractivity contribution in [3.05, 3.63) is 99.6 Å². The number of carbonyl (C=O) groups excluding carboxylic acids is 3. The second kappa shape index (κ2) is 9.30. The summed E-state index contributed by atoms with van der Waals surface area (Å²) in [6.07, 6.45) is 1.43. The summed E-state index contributed by atoms with van der Waals surface area (Å²) >= 11 is 5.91. The quantitative estimate of drug-likeness (QED) is 0.419. The van der Waals surface area contributed by atoms with Gasteiger partial charge in [-0.05, 0) is 55.8 Å². The molecule has 0 saturated carbocycles. The number of imide groups is 2. The number of anilines is 1. The van der Waals surface area contributed by atoms with Gasteiger partial charge in [0.2, 0.25) is 0 Å². The molecule has 0 aromatic heterocycles. The number of carbonyl (C=O) groups is 3. The highest BCUT2D eigenvalue weighted by Crippen LogP contribution is 2.27. The number of barbiturate groups is 1. The molecule has 1 fully saturated rings. The monoisotopic (exact) mass is 460 g/mol. The summed E-state index contributed by atoms with van der Waals surface area (Å²) in [6, 6.07) is 18.7. The average Bonchev–Trinajstić information content (AvgIpc) is 2.76. The molecule has 4 amide bonds. The number of ether oxygens (including phenoxy) is 1. The molecule has 1 N–H and O–H groups in total. The number of halogens is 1. The topological polar surface area (TPSA) is 75.7 Å². The van der Waals surface area contributed by atoms with Gasteiger partial charge in [0.25, 0.3) is 11.8 Å². The highest BCUT2D eigenvalue weighted by Gasteiger charge is 2.36. The number of hydrogen-bond donors (Lipinski definition) is 1. The molecule has 166 valence electrons. The molecule has 3 aromatic rings. The maximum absolute atomic E-state index is 13.1. The SMILES string of the molecule is Cc1cc(C)cc(COc2ccccc2/C=C2\C(=O)NC(=O)N(c3ccc(Cl)cc3)C2=O)c1. The number of urea groups is 1. The van der Waals surface area contributed by atoms with Crippen LogP contribution >= 0.6 is 11.6 Å². The lowest BCUT2D eigenvalue weighted by molar-refractivity contribution is -0.122. The van der Waals surface area contributed by atoms with Crippen molar-refractivity contribution >= 4 is 41.2 Å². The van der Waals surface area contributed by atoms with Crippen molar-refractivity contribution in [1.29, 1.82) is 0 Å². The van der Waals surface area contributed by atoms with E-state index in [0.717, 1.165) is 21.6 Å². The highest BCUT2D eigenvalue weighted by molar-refractivity contribution is 6.39. The summed E-state index contributed by atoms with van der Waals surface area (Å²) in [7, 11) is 0. The Morgan fingerprint density at radius 1 is 0.939 bits per heavy atom. The molecule has 33 heavy (non-hydrogen) atoms. The van der Waals surface area contributed by atoms with Crippen molar-refractivity contribution in [2.45, 2.75) is 20.5 Å². The second-order valence-electron chi connectivity index (χ2n) is 7.76. The van der Waals surface area contributed by atoms with Crippen molar-refractivity contribution in [3.63, 3.8) is 0 Å². The van der Waals surface area contributed by atoms with E-state index < -0.39 is 17.8 Å². The van der Waals surface area contributed by atoms with E-state index in [1.165, 1.54) is 18.2 Å². The van der Waals surface area contributed by atoms with Crippen LogP contribution in [0.2, 0.25) is 5.02 Å². The number of para-hydroxylation sites is 1. The first-order valence-electron chi connectivity index (χ1n) is 10.3. The summed E-state index contributed by atoms with van der Waals surface area (Å²) < 4.78 is 6.01. The number of benzene rings is 3. The van der Waals surface area contributed by atoms with Crippen molar-refractivity contribution < 1.29 is 19.1 Å². The van der Waals surface area contributed by atoms with E-state index in [9.17, 15) is 14.4 Å². The van der Waals surface area contributed by atoms with Crippen molar-refractivity contribution in [2.75, 3.05) is 4.90 Å². The molecule has 1 aliphatic heterocycles. The number of aryl methyl sites for hydroxylation is 2. The van der Waals surface area contributed by atoms with Crippen LogP contribution in [0, 0.1) is 13.8 Å². The molecule has 0 spiro atoms. The van der Waals surface area contributed by atoms with Crippen LogP contribution in [0.5, 0.6) is 5.75 Å². The van der Waals surface area contributed by atoms with Crippen LogP contribution in [0.3, 0.4) is 0 Å². The summed E-state index contributed by atoms with van der Waals surface area (Å²) in [5.74, 6) is -0.978. The Labute approximate surface area is 196 Å². The first-order chi connectivity index (χ1) is 15.8. The van der Waals surface area contributed by atoms with Crippen LogP contribution in [0.25, 0.3) is 6.08 Å². The molecule has 0 bridgehead atoms. The molecular formula is C26H21ClN2O4. The molecule has 7 heteroatoms. The summed E-state index contributed by atoms with van der Waals surface area (Å²) in [6.45, 7) is 4.38. The van der Waals surface area contributed by atoms with Gasteiger partial charge in [-0.2, -0.15) is 0 Å². The smallest absolute Gasteiger partial charge is 0.335 e. The first kappa shape index (κ1) is 22.3. The fourth-order valence-corrected chi connectivity index (χ4v) is 3.81. The molecule has 1 saturated heterocycles. The van der Waals surface area contributed by atoms with E-state index in [-0.39, 0.29) is 5.57 Å². The minimum absolute atomic E-state index is 0.174. The van der Waals surface area contributed by atoms with Crippen LogP contribution in [-0.2, 0) is 16.2 Å². The molecule has 3 aromatic carbocycles. The molecule has 0 aliphatic carbocycles. The lowest BCUT2D eigenvalue weighted by Gasteiger charge is -2.26. The van der Waals surface area contributed by atoms with Crippen molar-refractivity contribution in [2.24, 2.45) is 0 Å². The maximum atomic E-state index is 13.1. The lowest BCUT2D eigenvalue weighted by Crippen LogP contribution is -2.54. The van der Waals surface area contributed by atoms with Gasteiger partial charge in [0.1, 0.15) is 17.9 Å². The van der Waals surface area contributed by atoms with Gasteiger partial charge in [-0.25, -0.2) is 9.69 Å². The van der Waals surface area contributed by atoms with Gasteiger partial charge < -0.3 is 4.74 Å². The third kappa shape index (κ3) is 4.96. The minimum Gasteiger partial charge on any atom is -0.488 e. The normalized spacial score (nSPS) is 15.1. The summed E-state index contributed by atoms with van der Waals surface area (Å²) in [5, 5.41) is 2.68. The molecule has 6 nitrogen and oxygen atoms in total. The van der Waals surface area contributed by atoms with E-state index in [4.69, 9.17) is 16.3 Å². The third-order valence-electron chi connectivity index (χ3n) is 5.08. The molecule has 0 radical (unpaired) electrons. The molecule has 0 atom stereocenters. The molecule has 0 unspecified atom stereocenters. The second-order valence-corrected chi connectivity index (χ2v) is 8.19. The van der Waals surface area contributed by atoms with Crippen LogP contribution < -0.4 is 15.0 Å². The van der Waals surface area contributed by atoms with E-state index in [0.29, 0.717) is 28.6 Å². The van der Waals surface area contributed by atoms with E-state index in [1.54, 1.807) is 30.3 Å². The standard InChI is InChI=1S/C26H21ClN2O4/c1-16-11-17(2)13-18(12-16)15-33-23-6-4-3-5-19(23)14-22-24(30)28-26(32)29(25(22)31)21-9-7-20(27)8-10-21/h3-14H,15H2,1-2H3,(H,28,30,32)/b22-14+. The van der Waals surface area contributed by atoms with Crippen LogP contribution in [0.1, 0.15) is 22.3 Å². The number of rotatable bonds is 5. The Kier molecular flexibility index (Phi) is 6.29. The highest BCUT2D eigenvalue weighted by atomic mass is 35.5. The van der Waals surface area contributed by atoms with E-state index >= 15 is 0 Å². The predicted octanol–water partition coefficient (Wildman–Crippen LogP) is 5.20. The summed E-state index contributed by atoms with van der Waals surface area (Å²) in [4.78, 5) is 38.9. The van der Waals surface area contributed by atoms with Gasteiger partial charge in [-0.15, -0.1) is 0 Å². The van der Waals surface area contributed by atoms with E-state index in [1.807, 2.05) is 32.0 Å². The van der Waals surface area contributed by atoms with Crippen molar-refractivity contribution in [3.8, 4) is 5.75 Å². The van der Waals surface area contributed by atoms with Gasteiger partial charge in [0.05, 0.1) is 5.69 Å². The van der Waals surface area contributed by atoms with Gasteiger partial charge in [0.15, 0.2) is 0 Å². The Bertz CT molecular complexity index is 1260. The summed E-state index contributed by atoms with van der Waals surface area (Å²) in [5.41, 5.74) is 3.97. The molecule has 1 heterocycles. The number of hydrogen-bond acceptors (Lipinski definition) is 4.